The molecule has 25 heavy (non-hydrogen) atoms. The Balaban J connectivity index is 1.45. The van der Waals surface area contributed by atoms with Crippen molar-refractivity contribution in [2.75, 3.05) is 29.6 Å². The molecule has 1 fully saturated rings. The van der Waals surface area contributed by atoms with Crippen LogP contribution in [0.2, 0.25) is 0 Å². The quantitative estimate of drug-likeness (QED) is 0.588. The second kappa shape index (κ2) is 8.61. The fourth-order valence-electron chi connectivity index (χ4n) is 2.21. The Labute approximate surface area is 154 Å². The highest BCUT2D eigenvalue weighted by Crippen LogP contribution is 2.27. The summed E-state index contributed by atoms with van der Waals surface area (Å²) in [4.78, 5) is 12.1. The molecule has 1 aliphatic rings. The summed E-state index contributed by atoms with van der Waals surface area (Å²) in [6, 6.07) is 5.45. The number of aromatic nitrogens is 2. The molecule has 2 N–H and O–H groups in total. The Kier molecular flexibility index (Phi) is 6.24. The maximum absolute atomic E-state index is 12.1. The largest absolute Gasteiger partial charge is 0.350 e. The van der Waals surface area contributed by atoms with Crippen LogP contribution >= 0.6 is 23.1 Å². The fraction of sp³-hybridized carbons (Fsp3) is 0.438. The highest BCUT2D eigenvalue weighted by atomic mass is 32.2. The number of ether oxygens (including phenoxy) is 2. The van der Waals surface area contributed by atoms with Crippen molar-refractivity contribution in [1.29, 1.82) is 0 Å². The SMILES string of the molecule is Cc1ccc(NC(=O)Nc2nnc(SCCC3OCCO3)s2)cc1C. The summed E-state index contributed by atoms with van der Waals surface area (Å²) < 4.78 is 11.6. The monoisotopic (exact) mass is 380 g/mol. The Morgan fingerprint density at radius 3 is 2.80 bits per heavy atom. The van der Waals surface area contributed by atoms with E-state index in [4.69, 9.17) is 9.47 Å². The number of amides is 2. The molecule has 0 bridgehead atoms. The Bertz CT molecular complexity index is 732. The number of nitrogens with zero attached hydrogens (tertiary/aromatic N) is 2. The molecular weight excluding hydrogens is 360 g/mol. The molecule has 0 atom stereocenters. The third-order valence-electron chi connectivity index (χ3n) is 3.66. The van der Waals surface area contributed by atoms with Gasteiger partial charge in [0, 0.05) is 17.9 Å². The minimum Gasteiger partial charge on any atom is -0.350 e. The van der Waals surface area contributed by atoms with E-state index in [9.17, 15) is 4.79 Å². The predicted molar refractivity (Wildman–Crippen MR) is 99.5 cm³/mol. The van der Waals surface area contributed by atoms with Crippen LogP contribution in [-0.4, -0.2) is 41.5 Å². The van der Waals surface area contributed by atoms with Crippen molar-refractivity contribution in [3.05, 3.63) is 29.3 Å². The van der Waals surface area contributed by atoms with Gasteiger partial charge in [0.25, 0.3) is 0 Å². The van der Waals surface area contributed by atoms with Crippen LogP contribution in [0.5, 0.6) is 0 Å². The molecule has 9 heteroatoms. The average Bonchev–Trinajstić information content (AvgIpc) is 3.23. The van der Waals surface area contributed by atoms with E-state index in [0.29, 0.717) is 18.3 Å². The van der Waals surface area contributed by atoms with Crippen LogP contribution in [-0.2, 0) is 9.47 Å². The second-order valence-corrected chi connectivity index (χ2v) is 7.88. The lowest BCUT2D eigenvalue weighted by Crippen LogP contribution is -2.19. The number of anilines is 2. The van der Waals surface area contributed by atoms with E-state index in [-0.39, 0.29) is 12.3 Å². The van der Waals surface area contributed by atoms with Crippen LogP contribution in [0.3, 0.4) is 0 Å². The molecule has 134 valence electrons. The number of urea groups is 1. The van der Waals surface area contributed by atoms with E-state index in [2.05, 4.69) is 20.8 Å². The summed E-state index contributed by atoms with van der Waals surface area (Å²) >= 11 is 2.92. The van der Waals surface area contributed by atoms with Crippen molar-refractivity contribution < 1.29 is 14.3 Å². The molecule has 3 rings (SSSR count). The molecule has 7 nitrogen and oxygen atoms in total. The van der Waals surface area contributed by atoms with Gasteiger partial charge in [0.05, 0.1) is 13.2 Å². The smallest absolute Gasteiger partial charge is 0.325 e. The molecule has 2 amide bonds. The number of nitrogens with one attached hydrogen (secondary N) is 2. The Hall–Kier alpha value is -1.68. The van der Waals surface area contributed by atoms with Crippen molar-refractivity contribution >= 4 is 39.9 Å². The van der Waals surface area contributed by atoms with E-state index in [1.54, 1.807) is 11.8 Å². The third-order valence-corrected chi connectivity index (χ3v) is 5.67. The second-order valence-electron chi connectivity index (χ2n) is 5.56. The number of aryl methyl sites for hydroxylation is 2. The van der Waals surface area contributed by atoms with Gasteiger partial charge in [-0.2, -0.15) is 0 Å². The van der Waals surface area contributed by atoms with E-state index in [0.717, 1.165) is 27.8 Å². The van der Waals surface area contributed by atoms with Crippen molar-refractivity contribution in [1.82, 2.24) is 10.2 Å². The molecule has 0 spiro atoms. The number of hydrogen-bond acceptors (Lipinski definition) is 7. The van der Waals surface area contributed by atoms with Gasteiger partial charge in [0.15, 0.2) is 10.6 Å². The maximum atomic E-state index is 12.1. The molecule has 1 aromatic heterocycles. The van der Waals surface area contributed by atoms with Crippen molar-refractivity contribution in [2.24, 2.45) is 0 Å². The first-order chi connectivity index (χ1) is 12.1. The Morgan fingerprint density at radius 1 is 1.24 bits per heavy atom. The fourth-order valence-corrected chi connectivity index (χ4v) is 3.99. The van der Waals surface area contributed by atoms with Gasteiger partial charge in [-0.3, -0.25) is 5.32 Å². The highest BCUT2D eigenvalue weighted by Gasteiger charge is 2.16. The van der Waals surface area contributed by atoms with Gasteiger partial charge < -0.3 is 14.8 Å². The zero-order chi connectivity index (χ0) is 17.6. The van der Waals surface area contributed by atoms with E-state index >= 15 is 0 Å². The van der Waals surface area contributed by atoms with Crippen LogP contribution in [0.25, 0.3) is 0 Å². The van der Waals surface area contributed by atoms with E-state index < -0.39 is 0 Å². The number of carbonyl (C=O) groups is 1. The van der Waals surface area contributed by atoms with Gasteiger partial charge in [0.1, 0.15) is 0 Å². The van der Waals surface area contributed by atoms with Gasteiger partial charge in [0.2, 0.25) is 5.13 Å². The number of carbonyl (C=O) groups excluding carboxylic acids is 1. The number of thioether (sulfide) groups is 1. The normalized spacial score (nSPS) is 14.6. The summed E-state index contributed by atoms with van der Waals surface area (Å²) in [5.74, 6) is 0.828. The lowest BCUT2D eigenvalue weighted by Gasteiger charge is -2.07. The van der Waals surface area contributed by atoms with Crippen LogP contribution in [0, 0.1) is 13.8 Å². The topological polar surface area (TPSA) is 85.4 Å². The van der Waals surface area contributed by atoms with Crippen molar-refractivity contribution in [3.63, 3.8) is 0 Å². The molecule has 0 radical (unpaired) electrons. The van der Waals surface area contributed by atoms with Crippen molar-refractivity contribution in [3.8, 4) is 0 Å². The molecule has 1 aromatic carbocycles. The Morgan fingerprint density at radius 2 is 2.04 bits per heavy atom. The van der Waals surface area contributed by atoms with Crippen LogP contribution < -0.4 is 10.6 Å². The van der Waals surface area contributed by atoms with E-state index in [1.165, 1.54) is 16.9 Å². The predicted octanol–water partition coefficient (Wildman–Crippen LogP) is 3.65. The van der Waals surface area contributed by atoms with Gasteiger partial charge in [-0.1, -0.05) is 29.2 Å². The minimum absolute atomic E-state index is 0.109. The lowest BCUT2D eigenvalue weighted by atomic mass is 10.1. The maximum Gasteiger partial charge on any atom is 0.325 e. The van der Waals surface area contributed by atoms with Crippen molar-refractivity contribution in [2.45, 2.75) is 30.9 Å². The summed E-state index contributed by atoms with van der Waals surface area (Å²) in [6.07, 6.45) is 0.696. The zero-order valence-corrected chi connectivity index (χ0v) is 15.7. The number of benzene rings is 1. The first-order valence-electron chi connectivity index (χ1n) is 7.95. The molecule has 0 saturated carbocycles. The minimum atomic E-state index is -0.330. The van der Waals surface area contributed by atoms with Crippen LogP contribution in [0.1, 0.15) is 17.5 Å². The van der Waals surface area contributed by atoms with Gasteiger partial charge in [-0.05, 0) is 37.1 Å². The number of rotatable bonds is 6. The zero-order valence-electron chi connectivity index (χ0n) is 14.1. The van der Waals surface area contributed by atoms with Gasteiger partial charge >= 0.3 is 6.03 Å². The lowest BCUT2D eigenvalue weighted by molar-refractivity contribution is -0.0421. The first kappa shape index (κ1) is 18.1. The van der Waals surface area contributed by atoms with Gasteiger partial charge in [-0.15, -0.1) is 10.2 Å². The molecule has 1 saturated heterocycles. The summed E-state index contributed by atoms with van der Waals surface area (Å²) in [5.41, 5.74) is 3.06. The summed E-state index contributed by atoms with van der Waals surface area (Å²) in [7, 11) is 0. The van der Waals surface area contributed by atoms with Crippen LogP contribution in [0.15, 0.2) is 22.5 Å². The molecular formula is C16H20N4O3S2. The molecule has 0 unspecified atom stereocenters. The molecule has 2 heterocycles. The molecule has 1 aliphatic heterocycles. The molecule has 2 aromatic rings. The van der Waals surface area contributed by atoms with Crippen LogP contribution in [0.4, 0.5) is 15.6 Å². The van der Waals surface area contributed by atoms with E-state index in [1.807, 2.05) is 32.0 Å². The first-order valence-corrected chi connectivity index (χ1v) is 9.75. The number of hydrogen-bond donors (Lipinski definition) is 2. The summed E-state index contributed by atoms with van der Waals surface area (Å²) in [6.45, 7) is 5.37. The average molecular weight is 380 g/mol. The van der Waals surface area contributed by atoms with Gasteiger partial charge in [-0.25, -0.2) is 4.79 Å². The third kappa shape index (κ3) is 5.40. The summed E-state index contributed by atoms with van der Waals surface area (Å²) in [5, 5.41) is 14.0. The standard InChI is InChI=1S/C16H20N4O3S2/c1-10-3-4-12(9-11(10)2)17-14(21)18-15-19-20-16(25-15)24-8-5-13-22-6-7-23-13/h3-4,9,13H,5-8H2,1-2H3,(H2,17,18,19,21). The highest BCUT2D eigenvalue weighted by molar-refractivity contribution is 8.01. The molecule has 0 aliphatic carbocycles.